The van der Waals surface area contributed by atoms with Gasteiger partial charge in [-0.3, -0.25) is 0 Å². The Bertz CT molecular complexity index is 319. The maximum absolute atomic E-state index is 5.97. The van der Waals surface area contributed by atoms with Crippen LogP contribution in [0, 0.1) is 0 Å². The Balaban J connectivity index is 2.35. The van der Waals surface area contributed by atoms with Gasteiger partial charge in [0.2, 0.25) is 0 Å². The highest BCUT2D eigenvalue weighted by molar-refractivity contribution is 6.30. The molecule has 1 saturated heterocycles. The summed E-state index contributed by atoms with van der Waals surface area (Å²) < 4.78 is 0. The molecule has 1 aliphatic heterocycles. The quantitative estimate of drug-likeness (QED) is 0.783. The molecule has 76 valence electrons. The topological polar surface area (TPSA) is 38.0 Å². The smallest absolute Gasteiger partial charge is 0.0559 e. The van der Waals surface area contributed by atoms with Crippen molar-refractivity contribution in [3.63, 3.8) is 0 Å². The summed E-state index contributed by atoms with van der Waals surface area (Å²) in [5.41, 5.74) is 7.02. The molecule has 2 nitrogen and oxygen atoms in total. The summed E-state index contributed by atoms with van der Waals surface area (Å²) in [7, 11) is 0. The second-order valence-electron chi connectivity index (χ2n) is 3.83. The first-order chi connectivity index (χ1) is 6.77. The second-order valence-corrected chi connectivity index (χ2v) is 4.26. The Morgan fingerprint density at radius 3 is 2.93 bits per heavy atom. The van der Waals surface area contributed by atoms with E-state index in [1.165, 1.54) is 12.0 Å². The molecule has 3 N–H and O–H groups in total. The Labute approximate surface area is 89.4 Å². The first-order valence-electron chi connectivity index (χ1n) is 4.98. The number of hydrogen-bond donors (Lipinski definition) is 2. The molecule has 3 heteroatoms. The lowest BCUT2D eigenvalue weighted by atomic mass is 9.88. The number of rotatable bonds is 2. The van der Waals surface area contributed by atoms with Crippen molar-refractivity contribution in [1.29, 1.82) is 0 Å². The van der Waals surface area contributed by atoms with Crippen LogP contribution in [0.25, 0.3) is 0 Å². The molecule has 1 aliphatic rings. The maximum atomic E-state index is 5.97. The fourth-order valence-electron chi connectivity index (χ4n) is 2.13. The van der Waals surface area contributed by atoms with Gasteiger partial charge in [-0.25, -0.2) is 0 Å². The van der Waals surface area contributed by atoms with E-state index in [4.69, 9.17) is 17.3 Å². The maximum Gasteiger partial charge on any atom is 0.0559 e. The zero-order valence-electron chi connectivity index (χ0n) is 8.09. The molecule has 1 unspecified atom stereocenters. The van der Waals surface area contributed by atoms with Crippen molar-refractivity contribution >= 4 is 11.6 Å². The molecule has 0 radical (unpaired) electrons. The van der Waals surface area contributed by atoms with Gasteiger partial charge in [0.25, 0.3) is 0 Å². The predicted octanol–water partition coefficient (Wildman–Crippen LogP) is 1.88. The largest absolute Gasteiger partial charge is 0.328 e. The molecule has 0 saturated carbocycles. The minimum atomic E-state index is -0.0368. The van der Waals surface area contributed by atoms with Crippen LogP contribution in [0.4, 0.5) is 0 Å². The number of halogens is 1. The van der Waals surface area contributed by atoms with E-state index in [1.807, 2.05) is 18.2 Å². The molecule has 0 amide bonds. The van der Waals surface area contributed by atoms with Gasteiger partial charge in [-0.05, 0) is 37.1 Å². The molecule has 1 aromatic carbocycles. The monoisotopic (exact) mass is 210 g/mol. The van der Waals surface area contributed by atoms with E-state index in [0.29, 0.717) is 6.54 Å². The van der Waals surface area contributed by atoms with E-state index in [2.05, 4.69) is 11.4 Å². The molecular formula is C11H15ClN2. The molecule has 1 aromatic rings. The zero-order chi connectivity index (χ0) is 10.0. The molecule has 1 atom stereocenters. The minimum Gasteiger partial charge on any atom is -0.328 e. The van der Waals surface area contributed by atoms with Crippen LogP contribution in [0.1, 0.15) is 18.4 Å². The van der Waals surface area contributed by atoms with E-state index >= 15 is 0 Å². The molecule has 0 spiro atoms. The Morgan fingerprint density at radius 2 is 2.36 bits per heavy atom. The number of nitrogens with one attached hydrogen (secondary N) is 1. The van der Waals surface area contributed by atoms with E-state index in [-0.39, 0.29) is 5.54 Å². The molecule has 0 aliphatic carbocycles. The summed E-state index contributed by atoms with van der Waals surface area (Å²) in [6.45, 7) is 1.68. The molecule has 14 heavy (non-hydrogen) atoms. The second kappa shape index (κ2) is 3.89. The zero-order valence-corrected chi connectivity index (χ0v) is 8.85. The lowest BCUT2D eigenvalue weighted by Gasteiger charge is -2.28. The van der Waals surface area contributed by atoms with Crippen LogP contribution in [0.3, 0.4) is 0 Å². The van der Waals surface area contributed by atoms with Gasteiger partial charge in [0, 0.05) is 11.6 Å². The summed E-state index contributed by atoms with van der Waals surface area (Å²) in [4.78, 5) is 0. The summed E-state index contributed by atoms with van der Waals surface area (Å²) >= 11 is 5.97. The van der Waals surface area contributed by atoms with Crippen molar-refractivity contribution in [2.24, 2.45) is 5.73 Å². The highest BCUT2D eigenvalue weighted by atomic mass is 35.5. The normalized spacial score (nSPS) is 26.7. The van der Waals surface area contributed by atoms with Crippen LogP contribution in [0.5, 0.6) is 0 Å². The number of hydrogen-bond acceptors (Lipinski definition) is 2. The molecular weight excluding hydrogens is 196 g/mol. The van der Waals surface area contributed by atoms with Crippen molar-refractivity contribution in [3.8, 4) is 0 Å². The van der Waals surface area contributed by atoms with Crippen molar-refractivity contribution in [2.75, 3.05) is 13.1 Å². The standard InChI is InChI=1S/C11H15ClN2/c12-10-4-1-3-9(7-10)11(8-13)5-2-6-14-11/h1,3-4,7,14H,2,5-6,8,13H2. The first kappa shape index (κ1) is 9.97. The van der Waals surface area contributed by atoms with Gasteiger partial charge in [-0.2, -0.15) is 0 Å². The van der Waals surface area contributed by atoms with Crippen molar-refractivity contribution in [2.45, 2.75) is 18.4 Å². The number of nitrogens with two attached hydrogens (primary N) is 1. The van der Waals surface area contributed by atoms with Gasteiger partial charge in [-0.15, -0.1) is 0 Å². The van der Waals surface area contributed by atoms with E-state index in [9.17, 15) is 0 Å². The van der Waals surface area contributed by atoms with E-state index < -0.39 is 0 Å². The highest BCUT2D eigenvalue weighted by Crippen LogP contribution is 2.30. The van der Waals surface area contributed by atoms with E-state index in [0.717, 1.165) is 18.0 Å². The average Bonchev–Trinajstić information content (AvgIpc) is 2.67. The van der Waals surface area contributed by atoms with Gasteiger partial charge in [0.1, 0.15) is 0 Å². The molecule has 1 heterocycles. The van der Waals surface area contributed by atoms with Crippen molar-refractivity contribution < 1.29 is 0 Å². The van der Waals surface area contributed by atoms with Crippen molar-refractivity contribution in [1.82, 2.24) is 5.32 Å². The molecule has 0 bridgehead atoms. The van der Waals surface area contributed by atoms with Crippen LogP contribution in [0.2, 0.25) is 5.02 Å². The molecule has 0 aromatic heterocycles. The van der Waals surface area contributed by atoms with Crippen LogP contribution >= 0.6 is 11.6 Å². The van der Waals surface area contributed by atoms with Gasteiger partial charge in [0.05, 0.1) is 5.54 Å². The van der Waals surface area contributed by atoms with Crippen LogP contribution in [-0.4, -0.2) is 13.1 Å². The third-order valence-corrected chi connectivity index (χ3v) is 3.20. The third-order valence-electron chi connectivity index (χ3n) is 2.97. The average molecular weight is 211 g/mol. The summed E-state index contributed by atoms with van der Waals surface area (Å²) in [5, 5.41) is 4.26. The fraction of sp³-hybridized carbons (Fsp3) is 0.455. The lowest BCUT2D eigenvalue weighted by molar-refractivity contribution is 0.402. The Hall–Kier alpha value is -0.570. The number of benzene rings is 1. The molecule has 1 fully saturated rings. The van der Waals surface area contributed by atoms with E-state index in [1.54, 1.807) is 0 Å². The lowest BCUT2D eigenvalue weighted by Crippen LogP contribution is -2.43. The Morgan fingerprint density at radius 1 is 1.50 bits per heavy atom. The van der Waals surface area contributed by atoms with Gasteiger partial charge >= 0.3 is 0 Å². The summed E-state index contributed by atoms with van der Waals surface area (Å²) in [6, 6.07) is 7.98. The Kier molecular flexibility index (Phi) is 2.77. The SMILES string of the molecule is NCC1(c2cccc(Cl)c2)CCCN1. The highest BCUT2D eigenvalue weighted by Gasteiger charge is 2.33. The van der Waals surface area contributed by atoms with Crippen molar-refractivity contribution in [3.05, 3.63) is 34.9 Å². The van der Waals surface area contributed by atoms with Gasteiger partial charge in [-0.1, -0.05) is 23.7 Å². The van der Waals surface area contributed by atoms with Crippen LogP contribution < -0.4 is 11.1 Å². The summed E-state index contributed by atoms with van der Waals surface area (Å²) in [6.07, 6.45) is 2.29. The molecule has 2 rings (SSSR count). The third kappa shape index (κ3) is 1.65. The minimum absolute atomic E-state index is 0.0368. The summed E-state index contributed by atoms with van der Waals surface area (Å²) in [5.74, 6) is 0. The van der Waals surface area contributed by atoms with Crippen LogP contribution in [-0.2, 0) is 5.54 Å². The predicted molar refractivity (Wildman–Crippen MR) is 59.4 cm³/mol. The first-order valence-corrected chi connectivity index (χ1v) is 5.36. The fourth-order valence-corrected chi connectivity index (χ4v) is 2.32. The van der Waals surface area contributed by atoms with Gasteiger partial charge < -0.3 is 11.1 Å². The van der Waals surface area contributed by atoms with Crippen LogP contribution in [0.15, 0.2) is 24.3 Å². The van der Waals surface area contributed by atoms with Gasteiger partial charge in [0.15, 0.2) is 0 Å².